The van der Waals surface area contributed by atoms with E-state index in [9.17, 15) is 19.5 Å². The Hall–Kier alpha value is -1.67. The van der Waals surface area contributed by atoms with E-state index in [0.29, 0.717) is 0 Å². The molecule has 0 saturated carbocycles. The highest BCUT2D eigenvalue weighted by molar-refractivity contribution is 5.84. The van der Waals surface area contributed by atoms with Gasteiger partial charge < -0.3 is 20.4 Å². The van der Waals surface area contributed by atoms with E-state index in [1.54, 1.807) is 0 Å². The Kier molecular flexibility index (Phi) is 5.56. The van der Waals surface area contributed by atoms with Crippen molar-refractivity contribution in [2.45, 2.75) is 32.0 Å². The van der Waals surface area contributed by atoms with Crippen molar-refractivity contribution in [1.82, 2.24) is 4.90 Å². The first kappa shape index (κ1) is 15.3. The summed E-state index contributed by atoms with van der Waals surface area (Å²) in [5.74, 6) is -4.61. The number of aliphatic carboxylic acids is 3. The highest BCUT2D eigenvalue weighted by Crippen LogP contribution is 2.10. The molecule has 0 aliphatic carbocycles. The number of carboxylic acid groups (broad SMARTS) is 3. The largest absolute Gasteiger partial charge is 0.480 e. The quantitative estimate of drug-likeness (QED) is 0.436. The summed E-state index contributed by atoms with van der Waals surface area (Å²) in [5, 5.41) is 35.3. The van der Waals surface area contributed by atoms with Crippen molar-refractivity contribution < 1.29 is 34.8 Å². The van der Waals surface area contributed by atoms with Crippen molar-refractivity contribution in [3.05, 3.63) is 0 Å². The fourth-order valence-corrected chi connectivity index (χ4v) is 1.35. The number of aliphatic hydroxyl groups is 1. The Morgan fingerprint density at radius 2 is 1.53 bits per heavy atom. The second-order valence-electron chi connectivity index (χ2n) is 3.73. The van der Waals surface area contributed by atoms with Gasteiger partial charge in [-0.05, 0) is 13.8 Å². The predicted octanol–water partition coefficient (Wildman–Crippen LogP) is -1.32. The zero-order valence-electron chi connectivity index (χ0n) is 9.40. The minimum atomic E-state index is -2.19. The highest BCUT2D eigenvalue weighted by Gasteiger charge is 2.39. The molecule has 2 unspecified atom stereocenters. The Bertz CT molecular complexity index is 314. The van der Waals surface area contributed by atoms with Crippen LogP contribution in [-0.4, -0.2) is 68.0 Å². The van der Waals surface area contributed by atoms with Crippen molar-refractivity contribution >= 4 is 17.9 Å². The molecule has 17 heavy (non-hydrogen) atoms. The minimum absolute atomic E-state index is 0.541. The van der Waals surface area contributed by atoms with Gasteiger partial charge in [0.05, 0.1) is 6.54 Å². The van der Waals surface area contributed by atoms with Crippen molar-refractivity contribution in [2.75, 3.05) is 6.54 Å². The zero-order chi connectivity index (χ0) is 13.7. The third kappa shape index (κ3) is 4.37. The minimum Gasteiger partial charge on any atom is -0.480 e. The lowest BCUT2D eigenvalue weighted by molar-refractivity contribution is -0.164. The van der Waals surface area contributed by atoms with Gasteiger partial charge in [0.15, 0.2) is 6.10 Å². The Morgan fingerprint density at radius 1 is 1.06 bits per heavy atom. The van der Waals surface area contributed by atoms with Gasteiger partial charge >= 0.3 is 17.9 Å². The molecule has 0 heterocycles. The van der Waals surface area contributed by atoms with Crippen molar-refractivity contribution in [1.29, 1.82) is 0 Å². The van der Waals surface area contributed by atoms with E-state index < -0.39 is 42.6 Å². The molecule has 0 saturated heterocycles. The van der Waals surface area contributed by atoms with Crippen LogP contribution in [0, 0.1) is 0 Å². The standard InChI is InChI=1S/C9H15NO7/c1-4(2)10(3-5(11)12)6(8(14)15)7(13)9(16)17/h4,6-7,13H,3H2,1-2H3,(H,11,12)(H,14,15)(H,16,17). The molecule has 0 amide bonds. The lowest BCUT2D eigenvalue weighted by atomic mass is 10.1. The van der Waals surface area contributed by atoms with Crippen LogP contribution in [0.5, 0.6) is 0 Å². The van der Waals surface area contributed by atoms with Crippen molar-refractivity contribution in [2.24, 2.45) is 0 Å². The van der Waals surface area contributed by atoms with Gasteiger partial charge in [-0.15, -0.1) is 0 Å². The summed E-state index contributed by atoms with van der Waals surface area (Å²) in [6.45, 7) is 2.35. The van der Waals surface area contributed by atoms with E-state index in [2.05, 4.69) is 0 Å². The molecule has 0 spiro atoms. The molecule has 0 aliphatic heterocycles. The van der Waals surface area contributed by atoms with Gasteiger partial charge in [0.2, 0.25) is 0 Å². The molecule has 0 radical (unpaired) electrons. The van der Waals surface area contributed by atoms with Crippen LogP contribution in [0.15, 0.2) is 0 Å². The van der Waals surface area contributed by atoms with Crippen LogP contribution in [-0.2, 0) is 14.4 Å². The first-order valence-electron chi connectivity index (χ1n) is 4.79. The highest BCUT2D eigenvalue weighted by atomic mass is 16.4. The molecule has 8 heteroatoms. The SMILES string of the molecule is CC(C)N(CC(=O)O)C(C(=O)O)C(O)C(=O)O. The fraction of sp³-hybridized carbons (Fsp3) is 0.667. The summed E-state index contributed by atoms with van der Waals surface area (Å²) < 4.78 is 0. The second kappa shape index (κ2) is 6.16. The smallest absolute Gasteiger partial charge is 0.334 e. The molecule has 0 aromatic rings. The Labute approximate surface area is 97.1 Å². The first-order chi connectivity index (χ1) is 7.68. The van der Waals surface area contributed by atoms with Crippen molar-refractivity contribution in [3.63, 3.8) is 0 Å². The molecular weight excluding hydrogens is 234 g/mol. The molecule has 4 N–H and O–H groups in total. The Morgan fingerprint density at radius 3 is 1.76 bits per heavy atom. The zero-order valence-corrected chi connectivity index (χ0v) is 9.40. The number of carbonyl (C=O) groups is 3. The van der Waals surface area contributed by atoms with E-state index in [-0.39, 0.29) is 0 Å². The lowest BCUT2D eigenvalue weighted by Gasteiger charge is -2.32. The number of nitrogens with zero attached hydrogens (tertiary/aromatic N) is 1. The maximum Gasteiger partial charge on any atom is 0.334 e. The number of hydrogen-bond donors (Lipinski definition) is 4. The number of hydrogen-bond acceptors (Lipinski definition) is 5. The van der Waals surface area contributed by atoms with E-state index >= 15 is 0 Å². The molecule has 0 bridgehead atoms. The summed E-state index contributed by atoms with van der Waals surface area (Å²) in [6, 6.07) is -2.34. The van der Waals surface area contributed by atoms with Crippen LogP contribution in [0.4, 0.5) is 0 Å². The molecular formula is C9H15NO7. The average Bonchev–Trinajstić information content (AvgIpc) is 2.14. The fourth-order valence-electron chi connectivity index (χ4n) is 1.35. The summed E-state index contributed by atoms with van der Waals surface area (Å²) in [6.07, 6.45) is -2.19. The van der Waals surface area contributed by atoms with Crippen LogP contribution in [0.3, 0.4) is 0 Å². The van der Waals surface area contributed by atoms with Gasteiger partial charge in [-0.3, -0.25) is 14.5 Å². The third-order valence-electron chi connectivity index (χ3n) is 2.14. The molecule has 2 atom stereocenters. The predicted molar refractivity (Wildman–Crippen MR) is 54.5 cm³/mol. The number of aliphatic hydroxyl groups excluding tert-OH is 1. The molecule has 0 fully saturated rings. The van der Waals surface area contributed by atoms with Gasteiger partial charge in [0.25, 0.3) is 0 Å². The molecule has 0 aromatic heterocycles. The van der Waals surface area contributed by atoms with Gasteiger partial charge in [0.1, 0.15) is 6.04 Å². The molecule has 0 rings (SSSR count). The maximum absolute atomic E-state index is 10.9. The van der Waals surface area contributed by atoms with E-state index in [1.807, 2.05) is 0 Å². The molecule has 8 nitrogen and oxygen atoms in total. The van der Waals surface area contributed by atoms with E-state index in [0.717, 1.165) is 4.90 Å². The molecule has 98 valence electrons. The maximum atomic E-state index is 10.9. The monoisotopic (exact) mass is 249 g/mol. The van der Waals surface area contributed by atoms with Gasteiger partial charge in [-0.25, -0.2) is 4.79 Å². The van der Waals surface area contributed by atoms with Crippen molar-refractivity contribution in [3.8, 4) is 0 Å². The average molecular weight is 249 g/mol. The summed E-state index contributed by atoms with van der Waals surface area (Å²) in [4.78, 5) is 32.9. The summed E-state index contributed by atoms with van der Waals surface area (Å²) in [5.41, 5.74) is 0. The van der Waals surface area contributed by atoms with Gasteiger partial charge in [-0.2, -0.15) is 0 Å². The summed E-state index contributed by atoms with van der Waals surface area (Å²) in [7, 11) is 0. The molecule has 0 aliphatic rings. The molecule has 0 aromatic carbocycles. The third-order valence-corrected chi connectivity index (χ3v) is 2.14. The van der Waals surface area contributed by atoms with Crippen LogP contribution in [0.1, 0.15) is 13.8 Å². The van der Waals surface area contributed by atoms with Crippen LogP contribution < -0.4 is 0 Å². The lowest BCUT2D eigenvalue weighted by Crippen LogP contribution is -2.55. The van der Waals surface area contributed by atoms with Crippen LogP contribution >= 0.6 is 0 Å². The van der Waals surface area contributed by atoms with E-state index in [1.165, 1.54) is 13.8 Å². The van der Waals surface area contributed by atoms with Crippen LogP contribution in [0.2, 0.25) is 0 Å². The van der Waals surface area contributed by atoms with Gasteiger partial charge in [0, 0.05) is 6.04 Å². The normalized spacial score (nSPS) is 14.6. The topological polar surface area (TPSA) is 135 Å². The first-order valence-corrected chi connectivity index (χ1v) is 4.79. The second-order valence-corrected chi connectivity index (χ2v) is 3.73. The Balaban J connectivity index is 5.16. The van der Waals surface area contributed by atoms with Crippen LogP contribution in [0.25, 0.3) is 0 Å². The summed E-state index contributed by atoms with van der Waals surface area (Å²) >= 11 is 0. The van der Waals surface area contributed by atoms with E-state index in [4.69, 9.17) is 15.3 Å². The number of carboxylic acids is 3. The number of rotatable bonds is 7. The van der Waals surface area contributed by atoms with Gasteiger partial charge in [-0.1, -0.05) is 0 Å².